The maximum absolute atomic E-state index is 12.1. The summed E-state index contributed by atoms with van der Waals surface area (Å²) in [4.78, 5) is 18.9. The summed E-state index contributed by atoms with van der Waals surface area (Å²) >= 11 is 5.96. The Morgan fingerprint density at radius 2 is 1.85 bits per heavy atom. The fraction of sp³-hybridized carbons (Fsp3) is 0.281. The van der Waals surface area contributed by atoms with Crippen LogP contribution in [-0.2, 0) is 11.2 Å². The zero-order valence-corrected chi connectivity index (χ0v) is 24.4. The Labute approximate surface area is 241 Å². The molecule has 40 heavy (non-hydrogen) atoms. The molecule has 7 nitrogen and oxygen atoms in total. The highest BCUT2D eigenvalue weighted by Gasteiger charge is 2.42. The highest BCUT2D eigenvalue weighted by atomic mass is 32.1. The van der Waals surface area contributed by atoms with Gasteiger partial charge < -0.3 is 24.8 Å². The van der Waals surface area contributed by atoms with E-state index in [2.05, 4.69) is 71.2 Å². The highest BCUT2D eigenvalue weighted by molar-refractivity contribution is 7.80. The van der Waals surface area contributed by atoms with Gasteiger partial charge in [0.1, 0.15) is 5.75 Å². The number of hydrogen-bond donors (Lipinski definition) is 2. The maximum atomic E-state index is 12.1. The number of ether oxygens (including phenoxy) is 1. The molecule has 2 aromatic carbocycles. The molecule has 1 aliphatic rings. The van der Waals surface area contributed by atoms with E-state index in [4.69, 9.17) is 21.9 Å². The van der Waals surface area contributed by atoms with Crippen molar-refractivity contribution in [1.29, 1.82) is 0 Å². The van der Waals surface area contributed by atoms with E-state index >= 15 is 0 Å². The second kappa shape index (κ2) is 11.5. The van der Waals surface area contributed by atoms with Gasteiger partial charge in [-0.2, -0.15) is 0 Å². The Kier molecular flexibility index (Phi) is 7.89. The van der Waals surface area contributed by atoms with Crippen LogP contribution in [-0.4, -0.2) is 27.7 Å². The lowest BCUT2D eigenvalue weighted by Gasteiger charge is -2.29. The third-order valence-corrected chi connectivity index (χ3v) is 7.87. The Morgan fingerprint density at radius 1 is 1.07 bits per heavy atom. The van der Waals surface area contributed by atoms with E-state index < -0.39 is 0 Å². The molecule has 0 spiro atoms. The lowest BCUT2D eigenvalue weighted by atomic mass is 9.96. The molecule has 8 heteroatoms. The van der Waals surface area contributed by atoms with Crippen LogP contribution in [0.5, 0.6) is 5.75 Å². The zero-order chi connectivity index (χ0) is 28.4. The number of anilines is 2. The summed E-state index contributed by atoms with van der Waals surface area (Å²) in [7, 11) is 1.61. The van der Waals surface area contributed by atoms with E-state index in [9.17, 15) is 4.79 Å². The minimum absolute atomic E-state index is 0.0719. The van der Waals surface area contributed by atoms with Crippen molar-refractivity contribution < 1.29 is 9.53 Å². The van der Waals surface area contributed by atoms with Crippen LogP contribution >= 0.6 is 12.2 Å². The van der Waals surface area contributed by atoms with Gasteiger partial charge >= 0.3 is 0 Å². The third kappa shape index (κ3) is 4.95. The highest BCUT2D eigenvalue weighted by Crippen LogP contribution is 2.45. The Morgan fingerprint density at radius 3 is 2.55 bits per heavy atom. The van der Waals surface area contributed by atoms with Gasteiger partial charge in [-0.1, -0.05) is 38.1 Å². The molecule has 2 atom stereocenters. The summed E-state index contributed by atoms with van der Waals surface area (Å²) in [5.74, 6) is 0.502. The van der Waals surface area contributed by atoms with Crippen molar-refractivity contribution in [3.8, 4) is 11.4 Å². The van der Waals surface area contributed by atoms with Gasteiger partial charge in [0, 0.05) is 41.4 Å². The summed E-state index contributed by atoms with van der Waals surface area (Å²) in [5, 5.41) is 7.08. The molecule has 1 saturated heterocycles. The number of aromatic nitrogens is 2. The SMILES string of the molecule is CCC(=O)Nc1ccc(N2C(=S)N[C@H](c3ccccn3)[C@@H]2c2cc(C)n(-c3ccccc3CC)c2C)cc1OC. The van der Waals surface area contributed by atoms with Crippen LogP contribution in [0.1, 0.15) is 60.6 Å². The second-order valence-electron chi connectivity index (χ2n) is 9.93. The van der Waals surface area contributed by atoms with Gasteiger partial charge in [-0.05, 0) is 80.0 Å². The van der Waals surface area contributed by atoms with Crippen molar-refractivity contribution >= 4 is 34.6 Å². The van der Waals surface area contributed by atoms with Gasteiger partial charge in [-0.3, -0.25) is 9.78 Å². The van der Waals surface area contributed by atoms with Crippen LogP contribution in [0.25, 0.3) is 5.69 Å². The number of hydrogen-bond acceptors (Lipinski definition) is 4. The first-order valence-electron chi connectivity index (χ1n) is 13.6. The summed E-state index contributed by atoms with van der Waals surface area (Å²) in [6.45, 7) is 8.33. The van der Waals surface area contributed by atoms with E-state index in [1.807, 2.05) is 49.5 Å². The molecule has 5 rings (SSSR count). The number of methoxy groups -OCH3 is 1. The summed E-state index contributed by atoms with van der Waals surface area (Å²) < 4.78 is 8.03. The fourth-order valence-electron chi connectivity index (χ4n) is 5.61. The van der Waals surface area contributed by atoms with Crippen LogP contribution < -0.4 is 20.3 Å². The fourth-order valence-corrected chi connectivity index (χ4v) is 5.95. The molecular weight excluding hydrogens is 518 g/mol. The molecule has 2 aromatic heterocycles. The third-order valence-electron chi connectivity index (χ3n) is 7.56. The standard InChI is InChI=1S/C32H35N5O2S/c1-6-22-12-8-9-14-27(22)36-20(3)18-24(21(36)4)31-30(26-13-10-11-17-33-26)35-32(40)37(31)23-15-16-25(28(19-23)39-5)34-29(38)7-2/h8-19,30-31H,6-7H2,1-5H3,(H,34,38)(H,35,40)/t30-,31+/m1/s1. The predicted octanol–water partition coefficient (Wildman–Crippen LogP) is 6.59. The maximum Gasteiger partial charge on any atom is 0.224 e. The van der Waals surface area contributed by atoms with E-state index in [1.54, 1.807) is 7.11 Å². The Hall–Kier alpha value is -4.17. The number of thiocarbonyl (C=S) groups is 1. The number of carbonyl (C=O) groups is 1. The first-order chi connectivity index (χ1) is 19.4. The number of nitrogens with one attached hydrogen (secondary N) is 2. The first-order valence-corrected chi connectivity index (χ1v) is 14.0. The van der Waals surface area contributed by atoms with Gasteiger partial charge in [-0.25, -0.2) is 0 Å². The summed E-state index contributed by atoms with van der Waals surface area (Å²) in [5.41, 5.74) is 8.36. The number of pyridine rings is 1. The smallest absolute Gasteiger partial charge is 0.224 e. The normalized spacial score (nSPS) is 16.6. The van der Waals surface area contributed by atoms with Crippen LogP contribution in [0.3, 0.4) is 0 Å². The van der Waals surface area contributed by atoms with Crippen molar-refractivity contribution in [3.05, 3.63) is 101 Å². The molecule has 0 saturated carbocycles. The van der Waals surface area contributed by atoms with Crippen LogP contribution in [0.2, 0.25) is 0 Å². The zero-order valence-electron chi connectivity index (χ0n) is 23.6. The molecular formula is C32H35N5O2S. The minimum Gasteiger partial charge on any atom is -0.494 e. The summed E-state index contributed by atoms with van der Waals surface area (Å²) in [6.07, 6.45) is 3.14. The molecule has 0 unspecified atom stereocenters. The van der Waals surface area contributed by atoms with Gasteiger partial charge in [-0.15, -0.1) is 0 Å². The number of carbonyl (C=O) groups excluding carboxylic acids is 1. The average molecular weight is 554 g/mol. The molecule has 206 valence electrons. The largest absolute Gasteiger partial charge is 0.494 e. The van der Waals surface area contributed by atoms with E-state index in [1.165, 1.54) is 11.3 Å². The number of benzene rings is 2. The van der Waals surface area contributed by atoms with Crippen molar-refractivity contribution in [2.24, 2.45) is 0 Å². The molecule has 0 bridgehead atoms. The topological polar surface area (TPSA) is 71.4 Å². The van der Waals surface area contributed by atoms with Gasteiger partial charge in [0.2, 0.25) is 5.91 Å². The molecule has 2 N–H and O–H groups in total. The average Bonchev–Trinajstić information content (AvgIpc) is 3.48. The van der Waals surface area contributed by atoms with E-state index in [0.717, 1.165) is 34.8 Å². The summed E-state index contributed by atoms with van der Waals surface area (Å²) in [6, 6.07) is 22.2. The van der Waals surface area contributed by atoms with Crippen LogP contribution in [0, 0.1) is 13.8 Å². The van der Waals surface area contributed by atoms with Gasteiger partial charge in [0.15, 0.2) is 5.11 Å². The van der Waals surface area contributed by atoms with Crippen LogP contribution in [0.15, 0.2) is 72.9 Å². The monoisotopic (exact) mass is 553 g/mol. The number of aryl methyl sites for hydroxylation is 2. The molecule has 3 heterocycles. The molecule has 1 amide bonds. The minimum atomic E-state index is -0.172. The van der Waals surface area contributed by atoms with E-state index in [-0.39, 0.29) is 18.0 Å². The first kappa shape index (κ1) is 27.4. The Bertz CT molecular complexity index is 1550. The molecule has 1 fully saturated rings. The lowest BCUT2D eigenvalue weighted by Crippen LogP contribution is -2.29. The quantitative estimate of drug-likeness (QED) is 0.240. The molecule has 0 radical (unpaired) electrons. The molecule has 0 aliphatic carbocycles. The number of para-hydroxylation sites is 1. The van der Waals surface area contributed by atoms with Gasteiger partial charge in [0.05, 0.1) is 30.6 Å². The number of nitrogens with zero attached hydrogens (tertiary/aromatic N) is 3. The number of rotatable bonds is 8. The van der Waals surface area contributed by atoms with Crippen molar-refractivity contribution in [1.82, 2.24) is 14.9 Å². The predicted molar refractivity (Wildman–Crippen MR) is 164 cm³/mol. The van der Waals surface area contributed by atoms with Crippen molar-refractivity contribution in [3.63, 3.8) is 0 Å². The lowest BCUT2D eigenvalue weighted by molar-refractivity contribution is -0.115. The second-order valence-corrected chi connectivity index (χ2v) is 10.3. The van der Waals surface area contributed by atoms with Crippen molar-refractivity contribution in [2.45, 2.75) is 52.6 Å². The molecule has 4 aromatic rings. The van der Waals surface area contributed by atoms with Gasteiger partial charge in [0.25, 0.3) is 0 Å². The van der Waals surface area contributed by atoms with Crippen molar-refractivity contribution in [2.75, 3.05) is 17.3 Å². The van der Waals surface area contributed by atoms with E-state index in [0.29, 0.717) is 23.0 Å². The number of amides is 1. The Balaban J connectivity index is 1.66. The molecule has 1 aliphatic heterocycles. The van der Waals surface area contributed by atoms with Crippen LogP contribution in [0.4, 0.5) is 11.4 Å².